The van der Waals surface area contributed by atoms with Crippen molar-refractivity contribution in [3.8, 4) is 0 Å². The van der Waals surface area contributed by atoms with E-state index in [0.29, 0.717) is 25.9 Å². The molecule has 1 N–H and O–H groups in total. The maximum Gasteiger partial charge on any atom is 0.306 e. The molecule has 0 heterocycles. The topological polar surface area (TPSA) is 76.1 Å². The van der Waals surface area contributed by atoms with Crippen molar-refractivity contribution >= 4 is 11.9 Å². The third-order valence-corrected chi connectivity index (χ3v) is 10.7. The molecule has 0 bridgehead atoms. The molecule has 0 aliphatic rings. The highest BCUT2D eigenvalue weighted by Crippen LogP contribution is 2.19. The number of ether oxygens (including phenoxy) is 2. The summed E-state index contributed by atoms with van der Waals surface area (Å²) >= 11 is 0. The fraction of sp³-hybridized carbons (Fsp3) is 0.957. The molecule has 0 aromatic rings. The number of alkyl halides is 1. The fourth-order valence-electron chi connectivity index (χ4n) is 7.20. The first-order chi connectivity index (χ1) is 26.1. The van der Waals surface area contributed by atoms with E-state index < -0.39 is 0 Å². The SMILES string of the molecule is CCCCCCCCCOC(=O)CCCCCCCN(CCCCO)CCCCCCCC(=O)OC(CCCCCCCC)CCCCCCCCF. The molecular weight excluding hydrogens is 666 g/mol. The summed E-state index contributed by atoms with van der Waals surface area (Å²) in [6.07, 6.45) is 38.4. The third kappa shape index (κ3) is 40.3. The van der Waals surface area contributed by atoms with Crippen molar-refractivity contribution in [3.05, 3.63) is 0 Å². The Morgan fingerprint density at radius 1 is 0.491 bits per heavy atom. The third-order valence-electron chi connectivity index (χ3n) is 10.7. The van der Waals surface area contributed by atoms with Gasteiger partial charge in [-0.15, -0.1) is 0 Å². The predicted octanol–water partition coefficient (Wildman–Crippen LogP) is 13.4. The van der Waals surface area contributed by atoms with E-state index in [1.165, 1.54) is 103 Å². The van der Waals surface area contributed by atoms with Crippen molar-refractivity contribution in [2.45, 2.75) is 245 Å². The van der Waals surface area contributed by atoms with Crippen molar-refractivity contribution in [3.63, 3.8) is 0 Å². The quantitative estimate of drug-likeness (QED) is 0.0493. The number of hydrogen-bond acceptors (Lipinski definition) is 6. The zero-order chi connectivity index (χ0) is 38.7. The van der Waals surface area contributed by atoms with E-state index in [1.807, 2.05) is 0 Å². The summed E-state index contributed by atoms with van der Waals surface area (Å²) in [6, 6.07) is 0. The number of carbonyl (C=O) groups is 2. The lowest BCUT2D eigenvalue weighted by atomic mass is 10.0. The Bertz CT molecular complexity index is 753. The average Bonchev–Trinajstić information content (AvgIpc) is 3.15. The fourth-order valence-corrected chi connectivity index (χ4v) is 7.20. The molecule has 0 aliphatic heterocycles. The summed E-state index contributed by atoms with van der Waals surface area (Å²) < 4.78 is 23.8. The zero-order valence-corrected chi connectivity index (χ0v) is 35.5. The van der Waals surface area contributed by atoms with Crippen LogP contribution >= 0.6 is 0 Å². The Morgan fingerprint density at radius 3 is 1.38 bits per heavy atom. The largest absolute Gasteiger partial charge is 0.466 e. The van der Waals surface area contributed by atoms with E-state index in [9.17, 15) is 19.1 Å². The van der Waals surface area contributed by atoms with Crippen LogP contribution in [0.1, 0.15) is 239 Å². The number of halogens is 1. The zero-order valence-electron chi connectivity index (χ0n) is 35.5. The average molecular weight is 756 g/mol. The molecule has 0 aromatic heterocycles. The summed E-state index contributed by atoms with van der Waals surface area (Å²) in [5.74, 6) is -0.0445. The maximum absolute atomic E-state index is 12.7. The lowest BCUT2D eigenvalue weighted by Gasteiger charge is -2.22. The molecule has 7 heteroatoms. The van der Waals surface area contributed by atoms with Crippen molar-refractivity contribution in [1.82, 2.24) is 4.90 Å². The van der Waals surface area contributed by atoms with E-state index in [-0.39, 0.29) is 31.3 Å². The van der Waals surface area contributed by atoms with Crippen molar-refractivity contribution in [2.75, 3.05) is 39.5 Å². The van der Waals surface area contributed by atoms with Crippen LogP contribution in [-0.2, 0) is 19.1 Å². The number of esters is 2. The van der Waals surface area contributed by atoms with Gasteiger partial charge < -0.3 is 19.5 Å². The smallest absolute Gasteiger partial charge is 0.306 e. The highest BCUT2D eigenvalue weighted by atomic mass is 19.1. The van der Waals surface area contributed by atoms with Gasteiger partial charge in [0.05, 0.1) is 13.3 Å². The van der Waals surface area contributed by atoms with Gasteiger partial charge in [0.25, 0.3) is 0 Å². The van der Waals surface area contributed by atoms with Crippen molar-refractivity contribution in [2.24, 2.45) is 0 Å². The molecule has 0 fully saturated rings. The van der Waals surface area contributed by atoms with Crippen LogP contribution in [0.5, 0.6) is 0 Å². The Balaban J connectivity index is 4.11. The molecule has 0 aliphatic carbocycles. The second-order valence-electron chi connectivity index (χ2n) is 15.9. The molecule has 0 saturated carbocycles. The molecule has 316 valence electrons. The molecule has 0 aromatic carbocycles. The first kappa shape index (κ1) is 51.8. The van der Waals surface area contributed by atoms with E-state index in [2.05, 4.69) is 18.7 Å². The number of aliphatic hydroxyl groups excluding tert-OH is 1. The molecule has 0 radical (unpaired) electrons. The second kappa shape index (κ2) is 43.5. The Labute approximate surface area is 328 Å². The highest BCUT2D eigenvalue weighted by Gasteiger charge is 2.14. The first-order valence-corrected chi connectivity index (χ1v) is 23.3. The van der Waals surface area contributed by atoms with Crippen LogP contribution in [-0.4, -0.2) is 67.6 Å². The van der Waals surface area contributed by atoms with Gasteiger partial charge in [0, 0.05) is 19.4 Å². The second-order valence-corrected chi connectivity index (χ2v) is 15.9. The van der Waals surface area contributed by atoms with Gasteiger partial charge >= 0.3 is 11.9 Å². The molecule has 1 unspecified atom stereocenters. The standard InChI is InChI=1S/C46H90FNO5/c1-3-5-7-9-13-23-33-43-52-45(50)36-26-18-14-21-29-39-48(41-31-32-42-49)40-30-22-15-19-27-37-46(51)53-44(34-24-16-10-8-6-4-2)35-25-17-11-12-20-28-38-47/h44,49H,3-43H2,1-2H3. The molecule has 0 spiro atoms. The first-order valence-electron chi connectivity index (χ1n) is 23.3. The molecule has 0 amide bonds. The van der Waals surface area contributed by atoms with E-state index in [1.54, 1.807) is 0 Å². The molecule has 0 rings (SSSR count). The van der Waals surface area contributed by atoms with Crippen molar-refractivity contribution in [1.29, 1.82) is 0 Å². The van der Waals surface area contributed by atoms with Gasteiger partial charge in [-0.25, -0.2) is 0 Å². The lowest BCUT2D eigenvalue weighted by Crippen LogP contribution is -2.27. The van der Waals surface area contributed by atoms with Gasteiger partial charge in [0.2, 0.25) is 0 Å². The minimum absolute atomic E-state index is 0.0160. The highest BCUT2D eigenvalue weighted by molar-refractivity contribution is 5.69. The number of unbranched alkanes of at least 4 members (excludes halogenated alkanes) is 25. The summed E-state index contributed by atoms with van der Waals surface area (Å²) in [6.45, 7) is 8.39. The van der Waals surface area contributed by atoms with Gasteiger partial charge in [-0.3, -0.25) is 14.0 Å². The molecule has 53 heavy (non-hydrogen) atoms. The summed E-state index contributed by atoms with van der Waals surface area (Å²) in [7, 11) is 0. The van der Waals surface area contributed by atoms with Gasteiger partial charge in [-0.05, 0) is 96.7 Å². The lowest BCUT2D eigenvalue weighted by molar-refractivity contribution is -0.150. The van der Waals surface area contributed by atoms with Gasteiger partial charge in [-0.2, -0.15) is 0 Å². The van der Waals surface area contributed by atoms with E-state index in [4.69, 9.17) is 9.47 Å². The minimum Gasteiger partial charge on any atom is -0.466 e. The van der Waals surface area contributed by atoms with Gasteiger partial charge in [-0.1, -0.05) is 149 Å². The summed E-state index contributed by atoms with van der Waals surface area (Å²) in [5.41, 5.74) is 0. The molecule has 6 nitrogen and oxygen atoms in total. The Morgan fingerprint density at radius 2 is 0.887 bits per heavy atom. The van der Waals surface area contributed by atoms with Gasteiger partial charge in [0.1, 0.15) is 6.10 Å². The van der Waals surface area contributed by atoms with Crippen LogP contribution < -0.4 is 0 Å². The summed E-state index contributed by atoms with van der Waals surface area (Å²) in [4.78, 5) is 27.3. The van der Waals surface area contributed by atoms with E-state index >= 15 is 0 Å². The molecule has 1 atom stereocenters. The van der Waals surface area contributed by atoms with Crippen LogP contribution in [0.25, 0.3) is 0 Å². The predicted molar refractivity (Wildman–Crippen MR) is 223 cm³/mol. The van der Waals surface area contributed by atoms with Crippen LogP contribution in [0.15, 0.2) is 0 Å². The van der Waals surface area contributed by atoms with Crippen LogP contribution in [0.4, 0.5) is 4.39 Å². The Hall–Kier alpha value is -1.21. The van der Waals surface area contributed by atoms with Crippen LogP contribution in [0, 0.1) is 0 Å². The van der Waals surface area contributed by atoms with Crippen LogP contribution in [0.2, 0.25) is 0 Å². The number of aliphatic hydroxyl groups is 1. The normalized spacial score (nSPS) is 12.1. The number of rotatable bonds is 44. The number of hydrogen-bond donors (Lipinski definition) is 1. The molecule has 0 saturated heterocycles. The Kier molecular flexibility index (Phi) is 42.5. The molecular formula is C46H90FNO5. The van der Waals surface area contributed by atoms with Crippen LogP contribution in [0.3, 0.4) is 0 Å². The maximum atomic E-state index is 12.7. The minimum atomic E-state index is -0.204. The van der Waals surface area contributed by atoms with Gasteiger partial charge in [0.15, 0.2) is 0 Å². The van der Waals surface area contributed by atoms with Crippen molar-refractivity contribution < 1.29 is 28.6 Å². The summed E-state index contributed by atoms with van der Waals surface area (Å²) in [5, 5.41) is 9.27. The monoisotopic (exact) mass is 756 g/mol. The number of carbonyl (C=O) groups excluding carboxylic acids is 2. The van der Waals surface area contributed by atoms with E-state index in [0.717, 1.165) is 122 Å². The number of nitrogens with zero attached hydrogens (tertiary/aromatic N) is 1.